The third-order valence-electron chi connectivity index (χ3n) is 2.66. The smallest absolute Gasteiger partial charge is 0.160 e. The Balaban J connectivity index is 1.93. The molecular weight excluding hydrogens is 222 g/mol. The van der Waals surface area contributed by atoms with E-state index < -0.39 is 11.6 Å². The van der Waals surface area contributed by atoms with Crippen molar-refractivity contribution in [2.45, 2.75) is 0 Å². The van der Waals surface area contributed by atoms with Gasteiger partial charge in [-0.05, 0) is 18.2 Å². The van der Waals surface area contributed by atoms with Crippen LogP contribution in [-0.2, 0) is 0 Å². The molecule has 0 aromatic heterocycles. The number of hydrogen-bond acceptors (Lipinski definition) is 2. The maximum absolute atomic E-state index is 12.9. The van der Waals surface area contributed by atoms with Gasteiger partial charge in [-0.3, -0.25) is 4.90 Å². The van der Waals surface area contributed by atoms with Gasteiger partial charge in [0.25, 0.3) is 0 Å². The molecule has 0 aliphatic carbocycles. The topological polar surface area (TPSA) is 15.3 Å². The van der Waals surface area contributed by atoms with E-state index in [1.165, 1.54) is 6.07 Å². The summed E-state index contributed by atoms with van der Waals surface area (Å²) in [4.78, 5) is 2.23. The van der Waals surface area contributed by atoms with Crippen LogP contribution in [0.4, 0.5) is 8.78 Å². The van der Waals surface area contributed by atoms with Gasteiger partial charge in [0, 0.05) is 31.7 Å². The molecule has 90 valence electrons. The van der Waals surface area contributed by atoms with Gasteiger partial charge in [-0.2, -0.15) is 0 Å². The van der Waals surface area contributed by atoms with Crippen LogP contribution in [0.1, 0.15) is 5.56 Å². The van der Waals surface area contributed by atoms with Crippen LogP contribution in [0, 0.1) is 23.5 Å². The average Bonchev–Trinajstić information content (AvgIpc) is 2.35. The first kappa shape index (κ1) is 12.0. The molecule has 0 unspecified atom stereocenters. The molecule has 0 atom stereocenters. The van der Waals surface area contributed by atoms with Crippen LogP contribution in [0.2, 0.25) is 0 Å². The molecule has 0 saturated carbocycles. The van der Waals surface area contributed by atoms with Crippen molar-refractivity contribution >= 4 is 0 Å². The summed E-state index contributed by atoms with van der Waals surface area (Å²) in [5.41, 5.74) is 0.513. The molecule has 2 nitrogen and oxygen atoms in total. The molecule has 1 aliphatic rings. The second-order valence-electron chi connectivity index (χ2n) is 3.96. The molecule has 0 bridgehead atoms. The van der Waals surface area contributed by atoms with Crippen molar-refractivity contribution in [3.63, 3.8) is 0 Å². The summed E-state index contributed by atoms with van der Waals surface area (Å²) in [5, 5.41) is 3.26. The first-order valence-electron chi connectivity index (χ1n) is 5.63. The lowest BCUT2D eigenvalue weighted by Crippen LogP contribution is -2.43. The minimum absolute atomic E-state index is 0.513. The SMILES string of the molecule is Fc1ccc(C#CCN2CCNCC2)cc1F. The number of nitrogens with one attached hydrogen (secondary N) is 1. The standard InChI is InChI=1S/C13H14F2N2/c14-12-4-3-11(10-13(12)15)2-1-7-17-8-5-16-6-9-17/h3-4,10,16H,5-9H2. The molecule has 1 aromatic rings. The average molecular weight is 236 g/mol. The molecule has 1 saturated heterocycles. The van der Waals surface area contributed by atoms with E-state index >= 15 is 0 Å². The third kappa shape index (κ3) is 3.52. The summed E-state index contributed by atoms with van der Waals surface area (Å²) in [5.74, 6) is 4.13. The van der Waals surface area contributed by atoms with Crippen molar-refractivity contribution in [2.75, 3.05) is 32.7 Å². The Bertz CT molecular complexity index is 442. The van der Waals surface area contributed by atoms with E-state index in [0.29, 0.717) is 12.1 Å². The quantitative estimate of drug-likeness (QED) is 0.738. The van der Waals surface area contributed by atoms with Crippen molar-refractivity contribution in [1.82, 2.24) is 10.2 Å². The van der Waals surface area contributed by atoms with E-state index in [1.54, 1.807) is 0 Å². The van der Waals surface area contributed by atoms with Crippen LogP contribution >= 0.6 is 0 Å². The van der Waals surface area contributed by atoms with Gasteiger partial charge >= 0.3 is 0 Å². The molecule has 1 heterocycles. The summed E-state index contributed by atoms with van der Waals surface area (Å²) >= 11 is 0. The van der Waals surface area contributed by atoms with Crippen LogP contribution in [0.15, 0.2) is 18.2 Å². The number of hydrogen-bond donors (Lipinski definition) is 1. The molecule has 17 heavy (non-hydrogen) atoms. The van der Waals surface area contributed by atoms with E-state index in [2.05, 4.69) is 22.1 Å². The first-order chi connectivity index (χ1) is 8.25. The van der Waals surface area contributed by atoms with Crippen LogP contribution in [0.5, 0.6) is 0 Å². The first-order valence-corrected chi connectivity index (χ1v) is 5.63. The number of halogens is 2. The molecule has 4 heteroatoms. The summed E-state index contributed by atoms with van der Waals surface area (Å²) in [6.45, 7) is 4.58. The number of benzene rings is 1. The maximum Gasteiger partial charge on any atom is 0.160 e. The minimum Gasteiger partial charge on any atom is -0.314 e. The maximum atomic E-state index is 12.9. The summed E-state index contributed by atoms with van der Waals surface area (Å²) in [6, 6.07) is 3.72. The van der Waals surface area contributed by atoms with E-state index in [9.17, 15) is 8.78 Å². The number of rotatable bonds is 1. The second kappa shape index (κ2) is 5.76. The van der Waals surface area contributed by atoms with Crippen molar-refractivity contribution in [2.24, 2.45) is 0 Å². The second-order valence-corrected chi connectivity index (χ2v) is 3.96. The van der Waals surface area contributed by atoms with E-state index in [1.807, 2.05) is 0 Å². The van der Waals surface area contributed by atoms with Crippen molar-refractivity contribution in [3.05, 3.63) is 35.4 Å². The number of piperazine rings is 1. The highest BCUT2D eigenvalue weighted by molar-refractivity contribution is 5.34. The zero-order valence-electron chi connectivity index (χ0n) is 9.47. The lowest BCUT2D eigenvalue weighted by Gasteiger charge is -2.24. The van der Waals surface area contributed by atoms with Gasteiger partial charge in [-0.1, -0.05) is 11.8 Å². The molecule has 0 spiro atoms. The van der Waals surface area contributed by atoms with Crippen LogP contribution in [-0.4, -0.2) is 37.6 Å². The predicted molar refractivity (Wildman–Crippen MR) is 62.5 cm³/mol. The largest absolute Gasteiger partial charge is 0.314 e. The molecule has 1 aliphatic heterocycles. The van der Waals surface area contributed by atoms with Crippen LogP contribution < -0.4 is 5.32 Å². The van der Waals surface area contributed by atoms with Gasteiger partial charge in [0.05, 0.1) is 6.54 Å². The molecule has 1 fully saturated rings. The normalized spacial score (nSPS) is 16.4. The number of nitrogens with zero attached hydrogens (tertiary/aromatic N) is 1. The fourth-order valence-corrected chi connectivity index (χ4v) is 1.70. The molecule has 0 amide bonds. The zero-order chi connectivity index (χ0) is 12.1. The Labute approximate surface area is 99.6 Å². The fourth-order valence-electron chi connectivity index (χ4n) is 1.70. The van der Waals surface area contributed by atoms with Gasteiger partial charge in [-0.15, -0.1) is 0 Å². The van der Waals surface area contributed by atoms with Gasteiger partial charge in [0.1, 0.15) is 0 Å². The van der Waals surface area contributed by atoms with Crippen molar-refractivity contribution < 1.29 is 8.78 Å². The van der Waals surface area contributed by atoms with E-state index in [4.69, 9.17) is 0 Å². The molecule has 2 rings (SSSR count). The third-order valence-corrected chi connectivity index (χ3v) is 2.66. The van der Waals surface area contributed by atoms with Crippen molar-refractivity contribution in [1.29, 1.82) is 0 Å². The lowest BCUT2D eigenvalue weighted by molar-refractivity contribution is 0.268. The summed E-state index contributed by atoms with van der Waals surface area (Å²) in [6.07, 6.45) is 0. The van der Waals surface area contributed by atoms with E-state index in [0.717, 1.165) is 38.3 Å². The fraction of sp³-hybridized carbons (Fsp3) is 0.385. The van der Waals surface area contributed by atoms with E-state index in [-0.39, 0.29) is 0 Å². The monoisotopic (exact) mass is 236 g/mol. The van der Waals surface area contributed by atoms with Gasteiger partial charge in [0.2, 0.25) is 0 Å². The highest BCUT2D eigenvalue weighted by atomic mass is 19.2. The lowest BCUT2D eigenvalue weighted by atomic mass is 10.2. The predicted octanol–water partition coefficient (Wildman–Crippen LogP) is 1.22. The Morgan fingerprint density at radius 1 is 1.18 bits per heavy atom. The Hall–Kier alpha value is -1.44. The zero-order valence-corrected chi connectivity index (χ0v) is 9.47. The molecular formula is C13H14F2N2. The Kier molecular flexibility index (Phi) is 4.08. The van der Waals surface area contributed by atoms with Crippen LogP contribution in [0.3, 0.4) is 0 Å². The van der Waals surface area contributed by atoms with Crippen LogP contribution in [0.25, 0.3) is 0 Å². The minimum atomic E-state index is -0.848. The Morgan fingerprint density at radius 3 is 2.65 bits per heavy atom. The van der Waals surface area contributed by atoms with Gasteiger partial charge < -0.3 is 5.32 Å². The highest BCUT2D eigenvalue weighted by Crippen LogP contribution is 2.07. The molecule has 0 radical (unpaired) electrons. The van der Waals surface area contributed by atoms with Gasteiger partial charge in [-0.25, -0.2) is 8.78 Å². The molecule has 1 N–H and O–H groups in total. The summed E-state index contributed by atoms with van der Waals surface area (Å²) < 4.78 is 25.6. The Morgan fingerprint density at radius 2 is 1.94 bits per heavy atom. The summed E-state index contributed by atoms with van der Waals surface area (Å²) in [7, 11) is 0. The van der Waals surface area contributed by atoms with Crippen molar-refractivity contribution in [3.8, 4) is 11.8 Å². The van der Waals surface area contributed by atoms with Gasteiger partial charge in [0.15, 0.2) is 11.6 Å². The highest BCUT2D eigenvalue weighted by Gasteiger charge is 2.06. The molecule has 1 aromatic carbocycles.